The normalized spacial score (nSPS) is 11.5. The van der Waals surface area contributed by atoms with E-state index in [-0.39, 0.29) is 68.7 Å². The zero-order valence-corrected chi connectivity index (χ0v) is 43.8. The van der Waals surface area contributed by atoms with Crippen LogP contribution in [0.15, 0.2) is 97.8 Å². The van der Waals surface area contributed by atoms with Gasteiger partial charge in [0, 0.05) is 107 Å². The molecule has 8 aromatic rings. The first kappa shape index (κ1) is 57.9. The summed E-state index contributed by atoms with van der Waals surface area (Å²) in [5, 5.41) is 21.7. The summed E-state index contributed by atoms with van der Waals surface area (Å²) >= 11 is 0. The van der Waals surface area contributed by atoms with Gasteiger partial charge in [-0.15, -0.1) is 0 Å². The van der Waals surface area contributed by atoms with Crippen molar-refractivity contribution >= 4 is 45.2 Å². The van der Waals surface area contributed by atoms with E-state index in [2.05, 4.69) is 50.7 Å². The number of rotatable bonds is 18. The zero-order valence-electron chi connectivity index (χ0n) is 43.0. The van der Waals surface area contributed by atoms with E-state index in [0.717, 1.165) is 33.9 Å². The maximum atomic E-state index is 13.4. The molecule has 24 nitrogen and oxygen atoms in total. The van der Waals surface area contributed by atoms with Crippen LogP contribution in [0.25, 0.3) is 33.9 Å². The van der Waals surface area contributed by atoms with Crippen molar-refractivity contribution in [3.8, 4) is 68.6 Å². The number of aromatic carboxylic acids is 1. The van der Waals surface area contributed by atoms with E-state index in [1.165, 1.54) is 93.4 Å². The Morgan fingerprint density at radius 2 is 0.950 bits per heavy atom. The molecule has 1 amide bonds. The van der Waals surface area contributed by atoms with Crippen LogP contribution in [-0.4, -0.2) is 123 Å². The number of carbonyl (C=O) groups excluding carboxylic acids is 1. The molecule has 0 aliphatic heterocycles. The first-order chi connectivity index (χ1) is 37.9. The Hall–Kier alpha value is -9.81. The number of amides is 1. The minimum Gasteiger partial charge on any atom is -0.497 e. The largest absolute Gasteiger partial charge is 0.497 e. The average Bonchev–Trinajstić information content (AvgIpc) is 4.26. The molecule has 6 aromatic heterocycles. The van der Waals surface area contributed by atoms with Crippen molar-refractivity contribution in [1.29, 1.82) is 0 Å². The number of anilines is 4. The number of sulfonamides is 1. The average molecular weight is 1140 g/mol. The zero-order chi connectivity index (χ0) is 58.3. The molecule has 0 fully saturated rings. The number of pyridine rings is 2. The van der Waals surface area contributed by atoms with Gasteiger partial charge in [-0.05, 0) is 38.1 Å². The number of ether oxygens (including phenoxy) is 6. The van der Waals surface area contributed by atoms with Gasteiger partial charge < -0.3 is 44.2 Å². The van der Waals surface area contributed by atoms with E-state index in [0.29, 0.717) is 34.4 Å². The third kappa shape index (κ3) is 13.5. The molecule has 0 atom stereocenters. The summed E-state index contributed by atoms with van der Waals surface area (Å²) in [6.45, 7) is 2.78. The highest BCUT2D eigenvalue weighted by atomic mass is 32.2. The Morgan fingerprint density at radius 3 is 1.29 bits per heavy atom. The van der Waals surface area contributed by atoms with Gasteiger partial charge in [-0.3, -0.25) is 4.79 Å². The summed E-state index contributed by atoms with van der Waals surface area (Å²) in [4.78, 5) is 50.0. The van der Waals surface area contributed by atoms with Crippen molar-refractivity contribution in [1.82, 2.24) is 54.2 Å². The molecule has 6 heterocycles. The van der Waals surface area contributed by atoms with Crippen LogP contribution in [0.5, 0.6) is 34.8 Å². The number of benzene rings is 2. The minimum absolute atomic E-state index is 0.0121. The summed E-state index contributed by atoms with van der Waals surface area (Å²) in [6.07, 6.45) is -2.11. The van der Waals surface area contributed by atoms with Gasteiger partial charge in [0.05, 0.1) is 47.9 Å². The second-order valence-electron chi connectivity index (χ2n) is 16.5. The van der Waals surface area contributed by atoms with Crippen LogP contribution in [0.2, 0.25) is 0 Å². The highest BCUT2D eigenvalue weighted by Gasteiger charge is 2.35. The Bertz CT molecular complexity index is 3650. The van der Waals surface area contributed by atoms with Gasteiger partial charge in [-0.1, -0.05) is 0 Å². The molecule has 80 heavy (non-hydrogen) atoms. The molecule has 8 rings (SSSR count). The van der Waals surface area contributed by atoms with Gasteiger partial charge in [-0.2, -0.15) is 46.5 Å². The molecular formula is C49H45F6N13O11S. The Labute approximate surface area is 449 Å². The predicted octanol–water partition coefficient (Wildman–Crippen LogP) is 8.19. The molecule has 0 bridgehead atoms. The second-order valence-corrected chi connectivity index (χ2v) is 18.7. The second kappa shape index (κ2) is 23.8. The van der Waals surface area contributed by atoms with Gasteiger partial charge in [0.1, 0.15) is 34.1 Å². The summed E-state index contributed by atoms with van der Waals surface area (Å²) < 4.78 is 139. The van der Waals surface area contributed by atoms with E-state index >= 15 is 0 Å². The van der Waals surface area contributed by atoms with Crippen LogP contribution in [0.3, 0.4) is 0 Å². The lowest BCUT2D eigenvalue weighted by Crippen LogP contribution is -2.36. The number of nitrogens with one attached hydrogen (secondary N) is 3. The number of halogens is 6. The van der Waals surface area contributed by atoms with Crippen LogP contribution < -0.4 is 43.8 Å². The molecule has 0 aliphatic carbocycles. The summed E-state index contributed by atoms with van der Waals surface area (Å²) in [6, 6.07) is 13.9. The fourth-order valence-electron chi connectivity index (χ4n) is 6.97. The first-order valence-corrected chi connectivity index (χ1v) is 24.3. The lowest BCUT2D eigenvalue weighted by atomic mass is 10.1. The van der Waals surface area contributed by atoms with E-state index in [9.17, 15) is 49.5 Å². The minimum atomic E-state index is -4.73. The Morgan fingerprint density at radius 1 is 0.562 bits per heavy atom. The molecule has 0 unspecified atom stereocenters. The van der Waals surface area contributed by atoms with Gasteiger partial charge in [-0.25, -0.2) is 47.2 Å². The summed E-state index contributed by atoms with van der Waals surface area (Å²) in [7, 11) is 4.38. The highest BCUT2D eigenvalue weighted by Crippen LogP contribution is 2.36. The maximum absolute atomic E-state index is 13.4. The summed E-state index contributed by atoms with van der Waals surface area (Å²) in [5.74, 6) is -0.986. The number of aromatic nitrogens is 10. The van der Waals surface area contributed by atoms with Crippen LogP contribution in [0.1, 0.15) is 46.0 Å². The molecule has 420 valence electrons. The number of alkyl halides is 6. The number of carbonyl (C=O) groups is 2. The van der Waals surface area contributed by atoms with Crippen LogP contribution in [0.4, 0.5) is 49.6 Å². The van der Waals surface area contributed by atoms with Gasteiger partial charge in [0.15, 0.2) is 23.0 Å². The number of nitrogens with zero attached hydrogens (tertiary/aromatic N) is 10. The predicted molar refractivity (Wildman–Crippen MR) is 272 cm³/mol. The molecule has 2 aromatic carbocycles. The SMILES string of the molecule is COc1cc(Nc2ncc(-c3cnc(OC)c(C(=O)NS(=O)(=O)C(C)C)c3)c(-n3ccc(C(F)(F)F)n3)n2)cc(OC)c1.COc1cc(Nc2ncc(-c3cnc(OC)c(C(=O)O)c3)c(-n3ccc(C(F)(F)F)n3)n2)cc(OC)c1. The third-order valence-corrected chi connectivity index (χ3v) is 12.7. The third-order valence-electron chi connectivity index (χ3n) is 11.0. The molecule has 31 heteroatoms. The van der Waals surface area contributed by atoms with E-state index in [4.69, 9.17) is 28.4 Å². The fraction of sp³-hybridized carbons (Fsp3) is 0.224. The lowest BCUT2D eigenvalue weighted by Gasteiger charge is -2.15. The Kier molecular flexibility index (Phi) is 17.2. The van der Waals surface area contributed by atoms with Gasteiger partial charge in [0.2, 0.25) is 33.7 Å². The maximum Gasteiger partial charge on any atom is 0.435 e. The van der Waals surface area contributed by atoms with Crippen molar-refractivity contribution in [2.45, 2.75) is 31.5 Å². The molecule has 0 spiro atoms. The molecule has 0 aliphatic rings. The number of hydrogen-bond donors (Lipinski definition) is 4. The summed E-state index contributed by atoms with van der Waals surface area (Å²) in [5.41, 5.74) is -1.24. The van der Waals surface area contributed by atoms with E-state index < -0.39 is 50.9 Å². The molecule has 4 N–H and O–H groups in total. The first-order valence-electron chi connectivity index (χ1n) is 22.8. The van der Waals surface area contributed by atoms with Crippen molar-refractivity contribution in [3.63, 3.8) is 0 Å². The van der Waals surface area contributed by atoms with Crippen molar-refractivity contribution in [2.24, 2.45) is 0 Å². The number of carboxylic acids is 1. The molecule has 0 radical (unpaired) electrons. The van der Waals surface area contributed by atoms with Crippen molar-refractivity contribution < 1.29 is 77.9 Å². The standard InChI is InChI=1S/C26H26F3N7O6S.C23H19F3N6O5/c1-14(2)43(38,39)35-23(37)19-8-15(12-30-24(19)42-5)20-13-31-25(32-16-9-17(40-3)11-18(10-16)41-4)33-22(20)36-7-6-21(34-36)26(27,28)29;1-35-14-7-13(8-15(9-14)36-2)29-22-28-11-17(12-6-16(21(33)34)20(37-3)27-10-12)19(30-22)32-5-4-18(31-32)23(24,25)26/h6-14H,1-5H3,(H,35,37)(H,31,32,33);4-11H,1-3H3,(H,33,34)(H,28,29,30). The van der Waals surface area contributed by atoms with Crippen LogP contribution in [0, 0.1) is 0 Å². The van der Waals surface area contributed by atoms with Gasteiger partial charge >= 0.3 is 18.3 Å². The lowest BCUT2D eigenvalue weighted by molar-refractivity contribution is -0.142. The quantitative estimate of drug-likeness (QED) is 0.0589. The van der Waals surface area contributed by atoms with Crippen molar-refractivity contribution in [3.05, 3.63) is 120 Å². The molecule has 0 saturated heterocycles. The smallest absolute Gasteiger partial charge is 0.435 e. The van der Waals surface area contributed by atoms with E-state index in [1.807, 2.05) is 4.72 Å². The Balaban J connectivity index is 0.000000234. The van der Waals surface area contributed by atoms with Crippen LogP contribution >= 0.6 is 0 Å². The van der Waals surface area contributed by atoms with Crippen LogP contribution in [-0.2, 0) is 22.4 Å². The van der Waals surface area contributed by atoms with Gasteiger partial charge in [0.25, 0.3) is 5.91 Å². The van der Waals surface area contributed by atoms with Crippen molar-refractivity contribution in [2.75, 3.05) is 53.3 Å². The number of carboxylic acid groups (broad SMARTS) is 1. The monoisotopic (exact) mass is 1140 g/mol. The fourth-order valence-corrected chi connectivity index (χ4v) is 7.57. The highest BCUT2D eigenvalue weighted by molar-refractivity contribution is 7.90. The molecular weight excluding hydrogens is 1090 g/mol. The van der Waals surface area contributed by atoms with E-state index in [1.54, 1.807) is 36.4 Å². The number of methoxy groups -OCH3 is 6. The number of hydrogen-bond acceptors (Lipinski definition) is 20. The molecule has 0 saturated carbocycles. The topological polar surface area (TPSA) is 293 Å².